The highest BCUT2D eigenvalue weighted by atomic mass is 32.2. The standard InChI is InChI=1S/C14H21N3O3S/c1-10(11-6-5-7-12(8-11)17(19)20)16-13(18)15-9-14(2,3)21-4/h5-8,10H,9H2,1-4H3,(H2,15,16,18)/t10-/m1/s1. The van der Waals surface area contributed by atoms with E-state index in [0.29, 0.717) is 12.1 Å². The van der Waals surface area contributed by atoms with E-state index in [0.717, 1.165) is 0 Å². The highest BCUT2D eigenvalue weighted by Gasteiger charge is 2.18. The molecule has 0 aliphatic heterocycles. The molecule has 0 bridgehead atoms. The first-order valence-electron chi connectivity index (χ1n) is 6.59. The first-order chi connectivity index (χ1) is 9.75. The van der Waals surface area contributed by atoms with E-state index in [9.17, 15) is 14.9 Å². The van der Waals surface area contributed by atoms with Crippen LogP contribution < -0.4 is 10.6 Å². The number of nitro groups is 1. The number of benzene rings is 1. The molecule has 0 unspecified atom stereocenters. The van der Waals surface area contributed by atoms with E-state index in [1.807, 2.05) is 20.1 Å². The van der Waals surface area contributed by atoms with Gasteiger partial charge in [0.05, 0.1) is 11.0 Å². The van der Waals surface area contributed by atoms with Crippen molar-refractivity contribution in [3.8, 4) is 0 Å². The van der Waals surface area contributed by atoms with Crippen molar-refractivity contribution in [3.05, 3.63) is 39.9 Å². The van der Waals surface area contributed by atoms with E-state index in [1.165, 1.54) is 12.1 Å². The molecule has 1 aromatic carbocycles. The molecule has 0 fully saturated rings. The average molecular weight is 311 g/mol. The molecule has 2 amide bonds. The molecule has 0 aromatic heterocycles. The Balaban J connectivity index is 2.60. The molecular weight excluding hydrogens is 290 g/mol. The Morgan fingerprint density at radius 3 is 2.71 bits per heavy atom. The van der Waals surface area contributed by atoms with Crippen LogP contribution in [0.1, 0.15) is 32.4 Å². The lowest BCUT2D eigenvalue weighted by atomic mass is 10.1. The van der Waals surface area contributed by atoms with Gasteiger partial charge in [-0.1, -0.05) is 12.1 Å². The third kappa shape index (κ3) is 5.63. The molecule has 0 heterocycles. The van der Waals surface area contributed by atoms with Crippen molar-refractivity contribution in [1.29, 1.82) is 0 Å². The molecule has 0 aliphatic carbocycles. The van der Waals surface area contributed by atoms with E-state index in [2.05, 4.69) is 10.6 Å². The van der Waals surface area contributed by atoms with Crippen molar-refractivity contribution in [1.82, 2.24) is 10.6 Å². The van der Waals surface area contributed by atoms with Gasteiger partial charge in [-0.25, -0.2) is 4.79 Å². The maximum Gasteiger partial charge on any atom is 0.315 e. The summed E-state index contributed by atoms with van der Waals surface area (Å²) in [5, 5.41) is 16.3. The summed E-state index contributed by atoms with van der Waals surface area (Å²) in [4.78, 5) is 22.1. The van der Waals surface area contributed by atoms with Crippen LogP contribution in [0, 0.1) is 10.1 Å². The van der Waals surface area contributed by atoms with Crippen LogP contribution in [0.25, 0.3) is 0 Å². The number of nitrogens with one attached hydrogen (secondary N) is 2. The number of amides is 2. The number of urea groups is 1. The Morgan fingerprint density at radius 2 is 2.14 bits per heavy atom. The summed E-state index contributed by atoms with van der Waals surface area (Å²) in [5.41, 5.74) is 0.716. The lowest BCUT2D eigenvalue weighted by Crippen LogP contribution is -2.42. The van der Waals surface area contributed by atoms with Crippen LogP contribution >= 0.6 is 11.8 Å². The minimum absolute atomic E-state index is 0.0186. The van der Waals surface area contributed by atoms with E-state index < -0.39 is 4.92 Å². The number of non-ortho nitro benzene ring substituents is 1. The lowest BCUT2D eigenvalue weighted by Gasteiger charge is -2.23. The van der Waals surface area contributed by atoms with Crippen LogP contribution in [0.5, 0.6) is 0 Å². The molecule has 1 aromatic rings. The van der Waals surface area contributed by atoms with Crippen LogP contribution in [0.3, 0.4) is 0 Å². The van der Waals surface area contributed by atoms with Gasteiger partial charge in [-0.2, -0.15) is 11.8 Å². The molecule has 0 spiro atoms. The highest BCUT2D eigenvalue weighted by molar-refractivity contribution is 7.99. The van der Waals surface area contributed by atoms with Gasteiger partial charge in [0.2, 0.25) is 0 Å². The van der Waals surface area contributed by atoms with Crippen molar-refractivity contribution in [3.63, 3.8) is 0 Å². The highest BCUT2D eigenvalue weighted by Crippen LogP contribution is 2.20. The fourth-order valence-electron chi connectivity index (χ4n) is 1.60. The van der Waals surface area contributed by atoms with Gasteiger partial charge >= 0.3 is 6.03 Å². The fourth-order valence-corrected chi connectivity index (χ4v) is 1.82. The Labute approximate surface area is 128 Å². The van der Waals surface area contributed by atoms with E-state index in [-0.39, 0.29) is 22.5 Å². The molecule has 0 saturated carbocycles. The van der Waals surface area contributed by atoms with Crippen molar-refractivity contribution in [2.75, 3.05) is 12.8 Å². The van der Waals surface area contributed by atoms with Crippen molar-refractivity contribution >= 4 is 23.5 Å². The number of carbonyl (C=O) groups excluding carboxylic acids is 1. The summed E-state index contributed by atoms with van der Waals surface area (Å²) in [7, 11) is 0. The average Bonchev–Trinajstić information content (AvgIpc) is 2.45. The summed E-state index contributed by atoms with van der Waals surface area (Å²) in [6.07, 6.45) is 1.99. The van der Waals surface area contributed by atoms with Gasteiger partial charge in [-0.05, 0) is 32.6 Å². The summed E-state index contributed by atoms with van der Waals surface area (Å²) < 4.78 is -0.0356. The Bertz CT molecular complexity index is 520. The molecule has 0 aliphatic rings. The lowest BCUT2D eigenvalue weighted by molar-refractivity contribution is -0.384. The third-order valence-corrected chi connectivity index (χ3v) is 4.41. The zero-order chi connectivity index (χ0) is 16.0. The molecule has 21 heavy (non-hydrogen) atoms. The van der Waals surface area contributed by atoms with Crippen LogP contribution in [0.15, 0.2) is 24.3 Å². The number of hydrogen-bond donors (Lipinski definition) is 2. The minimum Gasteiger partial charge on any atom is -0.337 e. The van der Waals surface area contributed by atoms with Crippen LogP contribution in [-0.4, -0.2) is 28.5 Å². The van der Waals surface area contributed by atoms with Gasteiger partial charge in [0.15, 0.2) is 0 Å². The number of hydrogen-bond acceptors (Lipinski definition) is 4. The second-order valence-corrected chi connectivity index (χ2v) is 6.88. The summed E-state index contributed by atoms with van der Waals surface area (Å²) in [6.45, 7) is 6.42. The second kappa shape index (κ2) is 7.31. The maximum absolute atomic E-state index is 11.8. The smallest absolute Gasteiger partial charge is 0.315 e. The first-order valence-corrected chi connectivity index (χ1v) is 7.81. The largest absolute Gasteiger partial charge is 0.337 e. The van der Waals surface area contributed by atoms with Gasteiger partial charge in [0.1, 0.15) is 0 Å². The van der Waals surface area contributed by atoms with Crippen LogP contribution in [0.2, 0.25) is 0 Å². The van der Waals surface area contributed by atoms with E-state index in [1.54, 1.807) is 30.8 Å². The number of thioether (sulfide) groups is 1. The molecule has 1 rings (SSSR count). The monoisotopic (exact) mass is 311 g/mol. The normalized spacial score (nSPS) is 12.6. The van der Waals surface area contributed by atoms with Crippen molar-refractivity contribution < 1.29 is 9.72 Å². The first kappa shape index (κ1) is 17.3. The number of rotatable bonds is 6. The van der Waals surface area contributed by atoms with Gasteiger partial charge in [-0.15, -0.1) is 0 Å². The van der Waals surface area contributed by atoms with Gasteiger partial charge in [-0.3, -0.25) is 10.1 Å². The molecule has 116 valence electrons. The third-order valence-electron chi connectivity index (χ3n) is 3.16. The van der Waals surface area contributed by atoms with Crippen LogP contribution in [0.4, 0.5) is 10.5 Å². The maximum atomic E-state index is 11.8. The molecule has 1 atom stereocenters. The second-order valence-electron chi connectivity index (χ2n) is 5.36. The minimum atomic E-state index is -0.447. The van der Waals surface area contributed by atoms with Gasteiger partial charge in [0.25, 0.3) is 5.69 Å². The Morgan fingerprint density at radius 1 is 1.48 bits per heavy atom. The summed E-state index contributed by atoms with van der Waals surface area (Å²) in [5.74, 6) is 0. The summed E-state index contributed by atoms with van der Waals surface area (Å²) in [6, 6.07) is 5.68. The molecular formula is C14H21N3O3S. The molecule has 6 nitrogen and oxygen atoms in total. The van der Waals surface area contributed by atoms with Gasteiger partial charge < -0.3 is 10.6 Å². The summed E-state index contributed by atoms with van der Waals surface area (Å²) >= 11 is 1.67. The number of carbonyl (C=O) groups is 1. The number of nitrogens with zero attached hydrogens (tertiary/aromatic N) is 1. The number of nitro benzene ring substituents is 1. The van der Waals surface area contributed by atoms with Gasteiger partial charge in [0, 0.05) is 23.4 Å². The van der Waals surface area contributed by atoms with Crippen molar-refractivity contribution in [2.24, 2.45) is 0 Å². The predicted octanol–water partition coefficient (Wildman–Crippen LogP) is 3.10. The molecule has 0 saturated heterocycles. The topological polar surface area (TPSA) is 84.3 Å². The molecule has 7 heteroatoms. The Kier molecular flexibility index (Phi) is 6.02. The molecule has 0 radical (unpaired) electrons. The van der Waals surface area contributed by atoms with E-state index in [4.69, 9.17) is 0 Å². The van der Waals surface area contributed by atoms with Crippen molar-refractivity contribution in [2.45, 2.75) is 31.6 Å². The predicted molar refractivity (Wildman–Crippen MR) is 85.6 cm³/mol. The molecule has 2 N–H and O–H groups in total. The van der Waals surface area contributed by atoms with Crippen LogP contribution in [-0.2, 0) is 0 Å². The fraction of sp³-hybridized carbons (Fsp3) is 0.500. The quantitative estimate of drug-likeness (QED) is 0.624. The zero-order valence-electron chi connectivity index (χ0n) is 12.7. The Hall–Kier alpha value is -1.76. The van der Waals surface area contributed by atoms with E-state index >= 15 is 0 Å². The SMILES string of the molecule is CSC(C)(C)CNC(=O)N[C@H](C)c1cccc([N+](=O)[O-])c1. The zero-order valence-corrected chi connectivity index (χ0v) is 13.5.